The van der Waals surface area contributed by atoms with Crippen LogP contribution in [0.25, 0.3) is 0 Å². The molecule has 0 unspecified atom stereocenters. The fourth-order valence-electron chi connectivity index (χ4n) is 1.92. The molecule has 9 heteroatoms. The summed E-state index contributed by atoms with van der Waals surface area (Å²) in [5.74, 6) is 0.953. The first kappa shape index (κ1) is 13.6. The highest BCUT2D eigenvalue weighted by Crippen LogP contribution is 2.37. The first-order chi connectivity index (χ1) is 9.95. The maximum absolute atomic E-state index is 12.2. The summed E-state index contributed by atoms with van der Waals surface area (Å²) in [7, 11) is -2.11. The van der Waals surface area contributed by atoms with E-state index in [4.69, 9.17) is 15.2 Å². The van der Waals surface area contributed by atoms with Gasteiger partial charge in [-0.1, -0.05) is 0 Å². The number of anilines is 2. The largest absolute Gasteiger partial charge is 0.486 e. The molecule has 2 heterocycles. The number of imidazole rings is 1. The monoisotopic (exact) mass is 310 g/mol. The summed E-state index contributed by atoms with van der Waals surface area (Å²) >= 11 is 0. The van der Waals surface area contributed by atoms with E-state index < -0.39 is 10.0 Å². The molecule has 2 aromatic rings. The second-order valence-electron chi connectivity index (χ2n) is 4.57. The average Bonchev–Trinajstić information content (AvgIpc) is 2.87. The number of aryl methyl sites for hydroxylation is 1. The standard InChI is InChI=1S/C12H14N4O4S/c1-16-6-12(14-7-16)21(17,18)15-9-5-11-10(4-8(9)13)19-2-3-20-11/h4-7,15H,2-3,13H2,1H3. The van der Waals surface area contributed by atoms with E-state index in [1.165, 1.54) is 24.7 Å². The number of hydrogen-bond acceptors (Lipinski definition) is 6. The van der Waals surface area contributed by atoms with Crippen LogP contribution in [0, 0.1) is 0 Å². The van der Waals surface area contributed by atoms with E-state index in [0.717, 1.165) is 0 Å². The van der Waals surface area contributed by atoms with Crippen LogP contribution in [0.1, 0.15) is 0 Å². The van der Waals surface area contributed by atoms with E-state index in [2.05, 4.69) is 9.71 Å². The molecule has 1 aromatic heterocycles. The van der Waals surface area contributed by atoms with Crippen LogP contribution in [0.2, 0.25) is 0 Å². The number of aromatic nitrogens is 2. The van der Waals surface area contributed by atoms with Crippen molar-refractivity contribution < 1.29 is 17.9 Å². The highest BCUT2D eigenvalue weighted by atomic mass is 32.2. The molecular weight excluding hydrogens is 296 g/mol. The van der Waals surface area contributed by atoms with Crippen LogP contribution < -0.4 is 19.9 Å². The van der Waals surface area contributed by atoms with Gasteiger partial charge in [0.1, 0.15) is 13.2 Å². The molecule has 1 aromatic carbocycles. The molecule has 0 atom stereocenters. The number of hydrogen-bond donors (Lipinski definition) is 2. The predicted molar refractivity (Wildman–Crippen MR) is 75.9 cm³/mol. The molecule has 0 fully saturated rings. The summed E-state index contributed by atoms with van der Waals surface area (Å²) in [6.45, 7) is 0.842. The van der Waals surface area contributed by atoms with E-state index in [9.17, 15) is 8.42 Å². The van der Waals surface area contributed by atoms with Gasteiger partial charge in [0.25, 0.3) is 10.0 Å². The van der Waals surface area contributed by atoms with Gasteiger partial charge in [0.05, 0.1) is 17.7 Å². The molecule has 1 aliphatic heterocycles. The van der Waals surface area contributed by atoms with Gasteiger partial charge in [0, 0.05) is 25.4 Å². The fourth-order valence-corrected chi connectivity index (χ4v) is 2.98. The third kappa shape index (κ3) is 2.59. The topological polar surface area (TPSA) is 108 Å². The highest BCUT2D eigenvalue weighted by molar-refractivity contribution is 7.92. The molecule has 3 N–H and O–H groups in total. The molecule has 0 spiro atoms. The van der Waals surface area contributed by atoms with Crippen molar-refractivity contribution in [1.82, 2.24) is 9.55 Å². The molecule has 0 radical (unpaired) electrons. The SMILES string of the molecule is Cn1cnc(S(=O)(=O)Nc2cc3c(cc2N)OCCO3)c1. The van der Waals surface area contributed by atoms with Crippen molar-refractivity contribution in [2.45, 2.75) is 5.03 Å². The number of nitrogens with zero attached hydrogens (tertiary/aromatic N) is 2. The average molecular weight is 310 g/mol. The van der Waals surface area contributed by atoms with Crippen molar-refractivity contribution in [3.05, 3.63) is 24.7 Å². The Balaban J connectivity index is 1.94. The van der Waals surface area contributed by atoms with Crippen molar-refractivity contribution >= 4 is 21.4 Å². The third-order valence-corrected chi connectivity index (χ3v) is 4.17. The zero-order valence-corrected chi connectivity index (χ0v) is 12.1. The van der Waals surface area contributed by atoms with Gasteiger partial charge in [0.15, 0.2) is 16.5 Å². The number of benzene rings is 1. The summed E-state index contributed by atoms with van der Waals surface area (Å²) in [6, 6.07) is 3.04. The summed E-state index contributed by atoms with van der Waals surface area (Å²) in [5, 5.41) is -0.0840. The minimum Gasteiger partial charge on any atom is -0.486 e. The highest BCUT2D eigenvalue weighted by Gasteiger charge is 2.21. The van der Waals surface area contributed by atoms with E-state index >= 15 is 0 Å². The van der Waals surface area contributed by atoms with E-state index in [-0.39, 0.29) is 16.4 Å². The van der Waals surface area contributed by atoms with Crippen LogP contribution in [-0.4, -0.2) is 31.2 Å². The summed E-state index contributed by atoms with van der Waals surface area (Å²) < 4.78 is 39.2. The molecule has 3 rings (SSSR count). The Morgan fingerprint density at radius 1 is 1.29 bits per heavy atom. The van der Waals surface area contributed by atoms with Crippen LogP contribution >= 0.6 is 0 Å². The van der Waals surface area contributed by atoms with Gasteiger partial charge in [0.2, 0.25) is 0 Å². The van der Waals surface area contributed by atoms with E-state index in [1.807, 2.05) is 0 Å². The number of ether oxygens (including phenoxy) is 2. The smallest absolute Gasteiger partial charge is 0.281 e. The molecule has 1 aliphatic rings. The summed E-state index contributed by atoms with van der Waals surface area (Å²) in [5.41, 5.74) is 6.32. The van der Waals surface area contributed by atoms with Gasteiger partial charge in [-0.3, -0.25) is 4.72 Å². The summed E-state index contributed by atoms with van der Waals surface area (Å²) in [4.78, 5) is 3.82. The maximum atomic E-state index is 12.2. The lowest BCUT2D eigenvalue weighted by molar-refractivity contribution is 0.172. The molecule has 21 heavy (non-hydrogen) atoms. The second-order valence-corrected chi connectivity index (χ2v) is 6.20. The van der Waals surface area contributed by atoms with Gasteiger partial charge in [-0.15, -0.1) is 0 Å². The molecule has 0 saturated heterocycles. The normalized spacial score (nSPS) is 14.0. The Morgan fingerprint density at radius 2 is 1.95 bits per heavy atom. The quantitative estimate of drug-likeness (QED) is 0.803. The Morgan fingerprint density at radius 3 is 2.57 bits per heavy atom. The lowest BCUT2D eigenvalue weighted by Crippen LogP contribution is -2.18. The molecular formula is C12H14N4O4S. The Labute approximate surface area is 121 Å². The van der Waals surface area contributed by atoms with Gasteiger partial charge >= 0.3 is 0 Å². The van der Waals surface area contributed by atoms with E-state index in [0.29, 0.717) is 24.7 Å². The third-order valence-electron chi connectivity index (χ3n) is 2.92. The van der Waals surface area contributed by atoms with Gasteiger partial charge in [-0.2, -0.15) is 8.42 Å². The predicted octanol–water partition coefficient (Wildman–Crippen LogP) is 0.574. The van der Waals surface area contributed by atoms with Crippen molar-refractivity contribution in [1.29, 1.82) is 0 Å². The van der Waals surface area contributed by atoms with Crippen LogP contribution in [-0.2, 0) is 17.1 Å². The zero-order valence-electron chi connectivity index (χ0n) is 11.2. The number of nitrogen functional groups attached to an aromatic ring is 1. The number of nitrogens with two attached hydrogens (primary N) is 1. The number of sulfonamides is 1. The van der Waals surface area contributed by atoms with Crippen LogP contribution in [0.3, 0.4) is 0 Å². The minimum atomic E-state index is -3.80. The second kappa shape index (κ2) is 4.85. The molecule has 112 valence electrons. The molecule has 0 bridgehead atoms. The van der Waals surface area contributed by atoms with Crippen LogP contribution in [0.4, 0.5) is 11.4 Å². The number of rotatable bonds is 3. The molecule has 8 nitrogen and oxygen atoms in total. The lowest BCUT2D eigenvalue weighted by atomic mass is 10.2. The minimum absolute atomic E-state index is 0.0840. The first-order valence-electron chi connectivity index (χ1n) is 6.15. The summed E-state index contributed by atoms with van der Waals surface area (Å²) in [6.07, 6.45) is 2.80. The lowest BCUT2D eigenvalue weighted by Gasteiger charge is -2.20. The first-order valence-corrected chi connectivity index (χ1v) is 7.64. The van der Waals surface area contributed by atoms with E-state index in [1.54, 1.807) is 11.6 Å². The maximum Gasteiger partial charge on any atom is 0.281 e. The van der Waals surface area contributed by atoms with Crippen LogP contribution in [0.15, 0.2) is 29.7 Å². The number of fused-ring (bicyclic) bond motifs is 1. The van der Waals surface area contributed by atoms with Crippen molar-refractivity contribution in [2.24, 2.45) is 7.05 Å². The van der Waals surface area contributed by atoms with Gasteiger partial charge in [-0.05, 0) is 0 Å². The van der Waals surface area contributed by atoms with Crippen molar-refractivity contribution in [3.63, 3.8) is 0 Å². The fraction of sp³-hybridized carbons (Fsp3) is 0.250. The van der Waals surface area contributed by atoms with Crippen molar-refractivity contribution in [3.8, 4) is 11.5 Å². The van der Waals surface area contributed by atoms with Crippen LogP contribution in [0.5, 0.6) is 11.5 Å². The molecule has 0 amide bonds. The van der Waals surface area contributed by atoms with Crippen molar-refractivity contribution in [2.75, 3.05) is 23.7 Å². The van der Waals surface area contributed by atoms with Gasteiger partial charge in [-0.25, -0.2) is 4.98 Å². The zero-order chi connectivity index (χ0) is 15.0. The van der Waals surface area contributed by atoms with Gasteiger partial charge < -0.3 is 19.8 Å². The molecule has 0 aliphatic carbocycles. The Hall–Kier alpha value is -2.42. The number of nitrogens with one attached hydrogen (secondary N) is 1. The Bertz CT molecular complexity index is 785. The Kier molecular flexibility index (Phi) is 3.13. The molecule has 0 saturated carbocycles.